The maximum Gasteiger partial charge on any atom is 0.338 e. The molecule has 2 amide bonds. The van der Waals surface area contributed by atoms with E-state index in [1.807, 2.05) is 34.5 Å². The number of nitrogens with one attached hydrogen (secondary N) is 1. The molecule has 2 atom stereocenters. The second kappa shape index (κ2) is 14.2. The molecule has 15 heteroatoms. The number of benzene rings is 2. The molecule has 1 aromatic heterocycles. The number of halogens is 3. The molecule has 3 aliphatic rings. The number of piperazine rings is 1. The number of amidine groups is 1. The van der Waals surface area contributed by atoms with E-state index in [0.717, 1.165) is 11.3 Å². The number of aliphatic carboxylic acids is 1. The summed E-state index contributed by atoms with van der Waals surface area (Å²) in [7, 11) is 1.30. The maximum atomic E-state index is 14.0. The number of hydrogen-bond acceptors (Lipinski definition) is 9. The summed E-state index contributed by atoms with van der Waals surface area (Å²) in [6.07, 6.45) is 2.13. The summed E-state index contributed by atoms with van der Waals surface area (Å²) in [4.78, 5) is 52.5. The first-order valence-electron chi connectivity index (χ1n) is 14.3. The highest BCUT2D eigenvalue weighted by atomic mass is 35.5. The van der Waals surface area contributed by atoms with Gasteiger partial charge in [-0.05, 0) is 41.8 Å². The van der Waals surface area contributed by atoms with Crippen molar-refractivity contribution in [2.24, 2.45) is 4.99 Å². The largest absolute Gasteiger partial charge is 0.481 e. The molecule has 0 unspecified atom stereocenters. The van der Waals surface area contributed by atoms with Gasteiger partial charge in [0.15, 0.2) is 10.8 Å². The standard InChI is InChI=1S/C31H30ClFN6O5S.ClH/c1-44-30(42)26-24(35-28(29-34-10-13-45-29)36-27(26)22-8-5-19(33)14-23(22)32)17-37-11-12-38-21(15-37)16-39(31(38)43)20-6-2-18(3-7-20)4-9-25(40)41;/h2-3,5-8,10,13-14,21,27H,4,9,11-12,15-17H2,1H3,(H,35,36)(H,40,41);1H/t21-,27-;/m0./s1. The van der Waals surface area contributed by atoms with Crippen LogP contribution in [0.2, 0.25) is 5.02 Å². The lowest BCUT2D eigenvalue weighted by Gasteiger charge is -2.37. The van der Waals surface area contributed by atoms with Crippen LogP contribution < -0.4 is 10.2 Å². The van der Waals surface area contributed by atoms with Gasteiger partial charge in [0.1, 0.15) is 5.82 Å². The number of carbonyl (C=O) groups is 3. The molecule has 3 aliphatic heterocycles. The number of aryl methyl sites for hydroxylation is 1. The Balaban J connectivity index is 0.00000417. The second-order valence-corrected chi connectivity index (χ2v) is 12.2. The van der Waals surface area contributed by atoms with Crippen molar-refractivity contribution in [2.45, 2.75) is 24.9 Å². The minimum atomic E-state index is -0.853. The number of rotatable bonds is 9. The van der Waals surface area contributed by atoms with Crippen LogP contribution in [-0.4, -0.2) is 89.6 Å². The summed E-state index contributed by atoms with van der Waals surface area (Å²) in [5, 5.41) is 14.8. The molecule has 0 spiro atoms. The van der Waals surface area contributed by atoms with Gasteiger partial charge in [0.05, 0.1) is 30.5 Å². The normalized spacial score (nSPS) is 19.7. The Hall–Kier alpha value is -4.04. The lowest BCUT2D eigenvalue weighted by Crippen LogP contribution is -2.52. The van der Waals surface area contributed by atoms with Gasteiger partial charge in [0.25, 0.3) is 0 Å². The molecular weight excluding hydrogens is 658 g/mol. The summed E-state index contributed by atoms with van der Waals surface area (Å²) in [6, 6.07) is 10.5. The van der Waals surface area contributed by atoms with E-state index in [1.165, 1.54) is 36.6 Å². The highest BCUT2D eigenvalue weighted by molar-refractivity contribution is 7.11. The molecule has 46 heavy (non-hydrogen) atoms. The maximum absolute atomic E-state index is 14.0. The van der Waals surface area contributed by atoms with E-state index in [0.29, 0.717) is 61.2 Å². The number of fused-ring (bicyclic) bond motifs is 1. The van der Waals surface area contributed by atoms with Gasteiger partial charge in [0.2, 0.25) is 0 Å². The van der Waals surface area contributed by atoms with Crippen LogP contribution in [0.3, 0.4) is 0 Å². The van der Waals surface area contributed by atoms with Crippen LogP contribution in [-0.2, 0) is 20.7 Å². The van der Waals surface area contributed by atoms with E-state index >= 15 is 0 Å². The van der Waals surface area contributed by atoms with E-state index in [1.54, 1.807) is 11.1 Å². The van der Waals surface area contributed by atoms with Crippen molar-refractivity contribution in [3.05, 3.63) is 92.3 Å². The molecule has 2 aromatic carbocycles. The fourth-order valence-corrected chi connectivity index (χ4v) is 6.79. The predicted molar refractivity (Wildman–Crippen MR) is 174 cm³/mol. The zero-order valence-corrected chi connectivity index (χ0v) is 27.1. The number of carbonyl (C=O) groups excluding carboxylic acids is 2. The number of anilines is 1. The monoisotopic (exact) mass is 688 g/mol. The van der Waals surface area contributed by atoms with Crippen LogP contribution in [0.5, 0.6) is 0 Å². The van der Waals surface area contributed by atoms with Gasteiger partial charge in [-0.3, -0.25) is 14.6 Å². The first kappa shape index (κ1) is 33.3. The second-order valence-electron chi connectivity index (χ2n) is 10.9. The van der Waals surface area contributed by atoms with Crippen LogP contribution in [0, 0.1) is 5.82 Å². The van der Waals surface area contributed by atoms with Crippen molar-refractivity contribution in [2.75, 3.05) is 44.7 Å². The average Bonchev–Trinajstić information content (AvgIpc) is 3.68. The van der Waals surface area contributed by atoms with E-state index < -0.39 is 23.8 Å². The average molecular weight is 690 g/mol. The first-order chi connectivity index (χ1) is 21.7. The lowest BCUT2D eigenvalue weighted by molar-refractivity contribution is -0.137. The van der Waals surface area contributed by atoms with Crippen molar-refractivity contribution in [1.82, 2.24) is 20.1 Å². The van der Waals surface area contributed by atoms with Gasteiger partial charge in [-0.1, -0.05) is 29.8 Å². The fourth-order valence-electron chi connectivity index (χ4n) is 5.92. The summed E-state index contributed by atoms with van der Waals surface area (Å²) < 4.78 is 19.2. The molecule has 2 saturated heterocycles. The fraction of sp³-hybridized carbons (Fsp3) is 0.323. The van der Waals surface area contributed by atoms with Crippen molar-refractivity contribution >= 4 is 64.8 Å². The molecule has 4 heterocycles. The van der Waals surface area contributed by atoms with Gasteiger partial charge in [-0.15, -0.1) is 23.7 Å². The first-order valence-corrected chi connectivity index (χ1v) is 15.6. The number of urea groups is 1. The summed E-state index contributed by atoms with van der Waals surface area (Å²) in [5.41, 5.74) is 2.89. The number of esters is 1. The molecule has 3 aromatic rings. The molecule has 6 rings (SSSR count). The quantitative estimate of drug-likeness (QED) is 0.314. The van der Waals surface area contributed by atoms with E-state index in [9.17, 15) is 18.8 Å². The summed E-state index contributed by atoms with van der Waals surface area (Å²) in [5.74, 6) is -1.47. The topological polar surface area (TPSA) is 128 Å². The van der Waals surface area contributed by atoms with Gasteiger partial charge < -0.3 is 20.1 Å². The highest BCUT2D eigenvalue weighted by Crippen LogP contribution is 2.36. The van der Waals surface area contributed by atoms with Crippen molar-refractivity contribution < 1.29 is 28.6 Å². The van der Waals surface area contributed by atoms with Crippen molar-refractivity contribution in [3.63, 3.8) is 0 Å². The summed E-state index contributed by atoms with van der Waals surface area (Å²) >= 11 is 7.87. The number of aliphatic imine (C=N–C) groups is 1. The summed E-state index contributed by atoms with van der Waals surface area (Å²) in [6.45, 7) is 2.38. The molecule has 0 bridgehead atoms. The molecule has 11 nitrogen and oxygen atoms in total. The molecule has 2 fully saturated rings. The number of hydrogen-bond donors (Lipinski definition) is 2. The van der Waals surface area contributed by atoms with Crippen LogP contribution in [0.4, 0.5) is 14.9 Å². The Bertz CT molecular complexity index is 1690. The molecular formula is C31H31Cl2FN6O5S. The van der Waals surface area contributed by atoms with Crippen molar-refractivity contribution in [3.8, 4) is 0 Å². The Morgan fingerprint density at radius 3 is 2.63 bits per heavy atom. The van der Waals surface area contributed by atoms with Crippen LogP contribution in [0.1, 0.15) is 28.6 Å². The molecule has 0 radical (unpaired) electrons. The van der Waals surface area contributed by atoms with Crippen LogP contribution >= 0.6 is 35.3 Å². The minimum absolute atomic E-state index is 0. The zero-order valence-electron chi connectivity index (χ0n) is 24.7. The number of thiazole rings is 1. The minimum Gasteiger partial charge on any atom is -0.481 e. The Morgan fingerprint density at radius 1 is 1.17 bits per heavy atom. The Morgan fingerprint density at radius 2 is 1.96 bits per heavy atom. The number of nitrogens with zero attached hydrogens (tertiary/aromatic N) is 5. The van der Waals surface area contributed by atoms with Gasteiger partial charge in [-0.25, -0.2) is 24.0 Å². The van der Waals surface area contributed by atoms with Gasteiger partial charge >= 0.3 is 18.0 Å². The number of carboxylic acids is 1. The predicted octanol–water partition coefficient (Wildman–Crippen LogP) is 4.52. The zero-order chi connectivity index (χ0) is 31.7. The third-order valence-corrected chi connectivity index (χ3v) is 9.23. The smallest absolute Gasteiger partial charge is 0.338 e. The van der Waals surface area contributed by atoms with E-state index in [2.05, 4.69) is 15.2 Å². The lowest BCUT2D eigenvalue weighted by atomic mass is 9.94. The van der Waals surface area contributed by atoms with E-state index in [-0.39, 0.29) is 41.5 Å². The van der Waals surface area contributed by atoms with Crippen LogP contribution in [0.25, 0.3) is 0 Å². The van der Waals surface area contributed by atoms with Gasteiger partial charge in [0, 0.05) is 61.4 Å². The number of methoxy groups -OCH3 is 1. The molecule has 242 valence electrons. The van der Waals surface area contributed by atoms with Crippen molar-refractivity contribution in [1.29, 1.82) is 0 Å². The third kappa shape index (κ3) is 6.87. The van der Waals surface area contributed by atoms with E-state index in [4.69, 9.17) is 26.4 Å². The Kier molecular flexibility index (Phi) is 10.3. The number of carboxylic acid groups (broad SMARTS) is 1. The molecule has 2 N–H and O–H groups in total. The Labute approximate surface area is 279 Å². The number of amides is 2. The number of ether oxygens (including phenoxy) is 1. The SMILES string of the molecule is COC(=O)C1=C(CN2CCN3C(=O)N(c4ccc(CCC(=O)O)cc4)C[C@@H]3C2)N=C(c2nccs2)N[C@H]1c1ccc(F)cc1Cl.Cl. The highest BCUT2D eigenvalue weighted by Gasteiger charge is 2.42. The third-order valence-electron chi connectivity index (χ3n) is 8.13. The number of aromatic nitrogens is 1. The van der Waals surface area contributed by atoms with Crippen LogP contribution in [0.15, 0.2) is 70.3 Å². The molecule has 0 aliphatic carbocycles. The molecule has 0 saturated carbocycles. The van der Waals surface area contributed by atoms with Gasteiger partial charge in [-0.2, -0.15) is 0 Å².